The van der Waals surface area contributed by atoms with Crippen LogP contribution in [0.25, 0.3) is 0 Å². The molecule has 0 aromatic heterocycles. The van der Waals surface area contributed by atoms with E-state index in [0.29, 0.717) is 5.92 Å². The van der Waals surface area contributed by atoms with Gasteiger partial charge in [-0.25, -0.2) is 0 Å². The Bertz CT molecular complexity index is 352. The van der Waals surface area contributed by atoms with Crippen molar-refractivity contribution < 1.29 is 5.11 Å². The second-order valence-electron chi connectivity index (χ2n) is 5.62. The van der Waals surface area contributed by atoms with Gasteiger partial charge in [-0.1, -0.05) is 44.5 Å². The van der Waals surface area contributed by atoms with E-state index in [1.807, 2.05) is 0 Å². The van der Waals surface area contributed by atoms with Crippen molar-refractivity contribution in [1.29, 1.82) is 0 Å². The molecule has 2 rings (SSSR count). The minimum Gasteiger partial charge on any atom is -0.394 e. The maximum Gasteiger partial charge on any atom is 0.0628 e. The molecule has 0 spiro atoms. The molecule has 1 N–H and O–H groups in total. The Morgan fingerprint density at radius 3 is 2.06 bits per heavy atom. The van der Waals surface area contributed by atoms with Crippen LogP contribution in [-0.4, -0.2) is 29.7 Å². The van der Waals surface area contributed by atoms with Crippen LogP contribution in [0.5, 0.6) is 0 Å². The molecule has 0 aliphatic carbocycles. The number of likely N-dealkylation sites (tertiary alicyclic amines) is 1. The van der Waals surface area contributed by atoms with Gasteiger partial charge in [0, 0.05) is 0 Å². The van der Waals surface area contributed by atoms with Crippen LogP contribution in [0.3, 0.4) is 0 Å². The zero-order valence-corrected chi connectivity index (χ0v) is 11.6. The lowest BCUT2D eigenvalue weighted by Gasteiger charge is -2.33. The SMILES string of the molecule is CC(C)c1ccc([C@H](CO)N2CCCCC2)cc1. The van der Waals surface area contributed by atoms with Gasteiger partial charge in [0.1, 0.15) is 0 Å². The predicted octanol–water partition coefficient (Wildman–Crippen LogP) is 3.33. The first-order valence-electron chi connectivity index (χ1n) is 7.17. The van der Waals surface area contributed by atoms with Crippen LogP contribution in [-0.2, 0) is 0 Å². The van der Waals surface area contributed by atoms with Crippen molar-refractivity contribution in [2.75, 3.05) is 19.7 Å². The van der Waals surface area contributed by atoms with Crippen LogP contribution in [0.1, 0.15) is 56.2 Å². The molecule has 1 atom stereocenters. The van der Waals surface area contributed by atoms with Gasteiger partial charge in [0.15, 0.2) is 0 Å². The summed E-state index contributed by atoms with van der Waals surface area (Å²) in [5.74, 6) is 0.571. The highest BCUT2D eigenvalue weighted by Gasteiger charge is 2.21. The van der Waals surface area contributed by atoms with E-state index < -0.39 is 0 Å². The molecule has 100 valence electrons. The number of aliphatic hydroxyl groups excluding tert-OH is 1. The fourth-order valence-corrected chi connectivity index (χ4v) is 2.76. The molecule has 0 bridgehead atoms. The van der Waals surface area contributed by atoms with Gasteiger partial charge >= 0.3 is 0 Å². The van der Waals surface area contributed by atoms with Crippen molar-refractivity contribution in [3.63, 3.8) is 0 Å². The number of piperidine rings is 1. The van der Waals surface area contributed by atoms with Crippen LogP contribution in [0, 0.1) is 0 Å². The Morgan fingerprint density at radius 2 is 1.56 bits per heavy atom. The second kappa shape index (κ2) is 6.35. The van der Waals surface area contributed by atoms with Gasteiger partial charge in [0.2, 0.25) is 0 Å². The summed E-state index contributed by atoms with van der Waals surface area (Å²) < 4.78 is 0. The van der Waals surface area contributed by atoms with Crippen molar-refractivity contribution in [3.8, 4) is 0 Å². The van der Waals surface area contributed by atoms with Crippen LogP contribution in [0.15, 0.2) is 24.3 Å². The second-order valence-corrected chi connectivity index (χ2v) is 5.62. The van der Waals surface area contributed by atoms with E-state index in [-0.39, 0.29) is 12.6 Å². The third-order valence-corrected chi connectivity index (χ3v) is 3.99. The maximum absolute atomic E-state index is 9.67. The first-order valence-corrected chi connectivity index (χ1v) is 7.17. The first kappa shape index (κ1) is 13.6. The molecule has 1 aliphatic rings. The minimum atomic E-state index is 0.187. The smallest absolute Gasteiger partial charge is 0.0628 e. The zero-order valence-electron chi connectivity index (χ0n) is 11.6. The standard InChI is InChI=1S/C16H25NO/c1-13(2)14-6-8-15(9-7-14)16(12-18)17-10-4-3-5-11-17/h6-9,13,16,18H,3-5,10-12H2,1-2H3/t16-/m0/s1. The average molecular weight is 247 g/mol. The average Bonchev–Trinajstić information content (AvgIpc) is 2.41. The van der Waals surface area contributed by atoms with E-state index in [4.69, 9.17) is 0 Å². The molecule has 0 saturated carbocycles. The zero-order chi connectivity index (χ0) is 13.0. The Hall–Kier alpha value is -0.860. The first-order chi connectivity index (χ1) is 8.72. The predicted molar refractivity (Wildman–Crippen MR) is 75.8 cm³/mol. The molecule has 0 unspecified atom stereocenters. The van der Waals surface area contributed by atoms with E-state index >= 15 is 0 Å². The fraction of sp³-hybridized carbons (Fsp3) is 0.625. The van der Waals surface area contributed by atoms with Crippen molar-refractivity contribution >= 4 is 0 Å². The molecule has 2 heteroatoms. The van der Waals surface area contributed by atoms with E-state index in [0.717, 1.165) is 13.1 Å². The molecule has 18 heavy (non-hydrogen) atoms. The topological polar surface area (TPSA) is 23.5 Å². The van der Waals surface area contributed by atoms with Crippen LogP contribution in [0.2, 0.25) is 0 Å². The number of hydrogen-bond acceptors (Lipinski definition) is 2. The molecule has 0 amide bonds. The molecule has 2 nitrogen and oxygen atoms in total. The third-order valence-electron chi connectivity index (χ3n) is 3.99. The van der Waals surface area contributed by atoms with Gasteiger partial charge in [-0.05, 0) is 43.0 Å². The third kappa shape index (κ3) is 3.12. The van der Waals surface area contributed by atoms with Crippen molar-refractivity contribution in [2.45, 2.75) is 45.1 Å². The van der Waals surface area contributed by atoms with Gasteiger partial charge in [0.05, 0.1) is 12.6 Å². The number of rotatable bonds is 4. The van der Waals surface area contributed by atoms with Crippen LogP contribution < -0.4 is 0 Å². The highest BCUT2D eigenvalue weighted by atomic mass is 16.3. The van der Waals surface area contributed by atoms with E-state index in [1.165, 1.54) is 30.4 Å². The Balaban J connectivity index is 2.11. The van der Waals surface area contributed by atoms with Gasteiger partial charge < -0.3 is 5.11 Å². The Morgan fingerprint density at radius 1 is 1.00 bits per heavy atom. The number of nitrogens with zero attached hydrogens (tertiary/aromatic N) is 1. The summed E-state index contributed by atoms with van der Waals surface area (Å²) in [7, 11) is 0. The minimum absolute atomic E-state index is 0.187. The number of benzene rings is 1. The van der Waals surface area contributed by atoms with Gasteiger partial charge in [-0.15, -0.1) is 0 Å². The highest BCUT2D eigenvalue weighted by molar-refractivity contribution is 5.27. The number of hydrogen-bond donors (Lipinski definition) is 1. The largest absolute Gasteiger partial charge is 0.394 e. The lowest BCUT2D eigenvalue weighted by molar-refractivity contribution is 0.104. The van der Waals surface area contributed by atoms with Gasteiger partial charge in [0.25, 0.3) is 0 Å². The molecular formula is C16H25NO. The van der Waals surface area contributed by atoms with E-state index in [2.05, 4.69) is 43.0 Å². The van der Waals surface area contributed by atoms with Crippen LogP contribution >= 0.6 is 0 Å². The molecule has 1 heterocycles. The highest BCUT2D eigenvalue weighted by Crippen LogP contribution is 2.25. The summed E-state index contributed by atoms with van der Waals surface area (Å²) in [6.45, 7) is 6.89. The van der Waals surface area contributed by atoms with E-state index in [9.17, 15) is 5.11 Å². The summed E-state index contributed by atoms with van der Waals surface area (Å²) in [6.07, 6.45) is 3.86. The van der Waals surface area contributed by atoms with Crippen molar-refractivity contribution in [1.82, 2.24) is 4.90 Å². The number of aliphatic hydroxyl groups is 1. The van der Waals surface area contributed by atoms with Gasteiger partial charge in [-0.3, -0.25) is 4.90 Å². The lowest BCUT2D eigenvalue weighted by Crippen LogP contribution is -2.35. The summed E-state index contributed by atoms with van der Waals surface area (Å²) in [5, 5.41) is 9.67. The summed E-state index contributed by atoms with van der Waals surface area (Å²) >= 11 is 0. The van der Waals surface area contributed by atoms with Gasteiger partial charge in [-0.2, -0.15) is 0 Å². The fourth-order valence-electron chi connectivity index (χ4n) is 2.76. The molecule has 1 aliphatic heterocycles. The monoisotopic (exact) mass is 247 g/mol. The molecule has 1 fully saturated rings. The summed E-state index contributed by atoms with van der Waals surface area (Å²) in [5.41, 5.74) is 2.62. The van der Waals surface area contributed by atoms with E-state index in [1.54, 1.807) is 0 Å². The lowest BCUT2D eigenvalue weighted by atomic mass is 9.97. The maximum atomic E-state index is 9.67. The quantitative estimate of drug-likeness (QED) is 0.882. The summed E-state index contributed by atoms with van der Waals surface area (Å²) in [6, 6.07) is 8.96. The Labute approximate surface area is 111 Å². The molecule has 1 saturated heterocycles. The Kier molecular flexibility index (Phi) is 4.79. The summed E-state index contributed by atoms with van der Waals surface area (Å²) in [4.78, 5) is 2.42. The van der Waals surface area contributed by atoms with Crippen molar-refractivity contribution in [2.24, 2.45) is 0 Å². The van der Waals surface area contributed by atoms with Crippen molar-refractivity contribution in [3.05, 3.63) is 35.4 Å². The molecule has 0 radical (unpaired) electrons. The molecular weight excluding hydrogens is 222 g/mol. The normalized spacial score (nSPS) is 19.1. The molecule has 1 aromatic carbocycles. The molecule has 1 aromatic rings. The van der Waals surface area contributed by atoms with Crippen LogP contribution in [0.4, 0.5) is 0 Å².